The molecule has 0 unspecified atom stereocenters. The van der Waals surface area contributed by atoms with E-state index in [-0.39, 0.29) is 23.9 Å². The minimum atomic E-state index is -0.00599. The molecule has 1 aliphatic heterocycles. The van der Waals surface area contributed by atoms with E-state index in [4.69, 9.17) is 0 Å². The summed E-state index contributed by atoms with van der Waals surface area (Å²) < 4.78 is 1.87. The van der Waals surface area contributed by atoms with E-state index in [1.165, 1.54) is 6.07 Å². The zero-order chi connectivity index (χ0) is 15.5. The number of carbonyl (C=O) groups excluding carboxylic acids is 1. The average Bonchev–Trinajstić information content (AvgIpc) is 2.99. The number of fused-ring (bicyclic) bond motifs is 1. The van der Waals surface area contributed by atoms with Gasteiger partial charge in [0.05, 0.1) is 5.52 Å². The van der Waals surface area contributed by atoms with Gasteiger partial charge in [0, 0.05) is 36.8 Å². The highest BCUT2D eigenvalue weighted by molar-refractivity contribution is 5.82. The predicted octanol–water partition coefficient (Wildman–Crippen LogP) is 1.21. The molecule has 1 atom stereocenters. The fraction of sp³-hybridized carbons (Fsp3) is 0.412. The molecule has 0 bridgehead atoms. The molecule has 5 heteroatoms. The monoisotopic (exact) mass is 299 g/mol. The first-order valence-corrected chi connectivity index (χ1v) is 7.73. The van der Waals surface area contributed by atoms with Crippen LogP contribution in [0.1, 0.15) is 12.8 Å². The molecule has 0 saturated carbocycles. The van der Waals surface area contributed by atoms with E-state index in [2.05, 4.69) is 5.32 Å². The molecular weight excluding hydrogens is 278 g/mol. The summed E-state index contributed by atoms with van der Waals surface area (Å²) in [5.74, 6) is 0.117. The second kappa shape index (κ2) is 6.32. The fourth-order valence-electron chi connectivity index (χ4n) is 3.25. The number of hydrogen-bond acceptors (Lipinski definition) is 3. The van der Waals surface area contributed by atoms with E-state index in [1.807, 2.05) is 34.7 Å². The first kappa shape index (κ1) is 14.8. The Morgan fingerprint density at radius 2 is 2.14 bits per heavy atom. The number of carbonyl (C=O) groups is 1. The van der Waals surface area contributed by atoms with Gasteiger partial charge in [-0.2, -0.15) is 0 Å². The summed E-state index contributed by atoms with van der Waals surface area (Å²) in [4.78, 5) is 26.5. The standard InChI is InChI=1S/C17H21N3O2/c1-18-11-13-5-4-9-20(13)17(22)12-19-10-8-16(21)14-6-2-3-7-15(14)19/h2-3,6-8,10,13,18H,4-5,9,11-12H2,1H3/t13-/m1/s1. The third-order valence-corrected chi connectivity index (χ3v) is 4.33. The van der Waals surface area contributed by atoms with E-state index < -0.39 is 0 Å². The van der Waals surface area contributed by atoms with E-state index >= 15 is 0 Å². The number of benzene rings is 1. The van der Waals surface area contributed by atoms with Crippen molar-refractivity contribution in [3.63, 3.8) is 0 Å². The smallest absolute Gasteiger partial charge is 0.242 e. The van der Waals surface area contributed by atoms with Crippen molar-refractivity contribution in [2.45, 2.75) is 25.4 Å². The zero-order valence-electron chi connectivity index (χ0n) is 12.8. The van der Waals surface area contributed by atoms with Gasteiger partial charge in [-0.05, 0) is 32.0 Å². The van der Waals surface area contributed by atoms with Crippen LogP contribution >= 0.6 is 0 Å². The van der Waals surface area contributed by atoms with Crippen LogP contribution in [-0.2, 0) is 11.3 Å². The number of hydrogen-bond donors (Lipinski definition) is 1. The SMILES string of the molecule is CNC[C@H]1CCCN1C(=O)Cn1ccc(=O)c2ccccc21. The number of amides is 1. The molecule has 1 saturated heterocycles. The van der Waals surface area contributed by atoms with Gasteiger partial charge in [-0.15, -0.1) is 0 Å². The normalized spacial score (nSPS) is 18.0. The van der Waals surface area contributed by atoms with Gasteiger partial charge >= 0.3 is 0 Å². The van der Waals surface area contributed by atoms with Gasteiger partial charge in [-0.1, -0.05) is 12.1 Å². The van der Waals surface area contributed by atoms with Crippen LogP contribution in [0.5, 0.6) is 0 Å². The van der Waals surface area contributed by atoms with Crippen molar-refractivity contribution in [3.8, 4) is 0 Å². The molecule has 0 aliphatic carbocycles. The fourth-order valence-corrected chi connectivity index (χ4v) is 3.25. The Morgan fingerprint density at radius 1 is 1.32 bits per heavy atom. The van der Waals surface area contributed by atoms with Crippen molar-refractivity contribution in [2.24, 2.45) is 0 Å². The van der Waals surface area contributed by atoms with Gasteiger partial charge in [0.15, 0.2) is 5.43 Å². The quantitative estimate of drug-likeness (QED) is 0.923. The molecule has 1 aromatic carbocycles. The Kier molecular flexibility index (Phi) is 4.24. The molecule has 1 aliphatic rings. The number of pyridine rings is 1. The lowest BCUT2D eigenvalue weighted by Crippen LogP contribution is -2.42. The summed E-state index contributed by atoms with van der Waals surface area (Å²) in [6.45, 7) is 1.93. The topological polar surface area (TPSA) is 54.3 Å². The number of aromatic nitrogens is 1. The van der Waals surface area contributed by atoms with Gasteiger partial charge in [0.25, 0.3) is 0 Å². The lowest BCUT2D eigenvalue weighted by atomic mass is 10.2. The Morgan fingerprint density at radius 3 is 2.95 bits per heavy atom. The van der Waals surface area contributed by atoms with Crippen LogP contribution in [0.4, 0.5) is 0 Å². The molecule has 1 fully saturated rings. The molecule has 1 aromatic heterocycles. The maximum Gasteiger partial charge on any atom is 0.242 e. The van der Waals surface area contributed by atoms with Crippen LogP contribution in [0.2, 0.25) is 0 Å². The largest absolute Gasteiger partial charge is 0.338 e. The number of para-hydroxylation sites is 1. The summed E-state index contributed by atoms with van der Waals surface area (Å²) in [6, 6.07) is 9.24. The van der Waals surface area contributed by atoms with Crippen molar-refractivity contribution < 1.29 is 4.79 Å². The highest BCUT2D eigenvalue weighted by Gasteiger charge is 2.28. The molecule has 0 radical (unpaired) electrons. The third-order valence-electron chi connectivity index (χ3n) is 4.33. The summed E-state index contributed by atoms with van der Waals surface area (Å²) in [6.07, 6.45) is 3.83. The van der Waals surface area contributed by atoms with Crippen molar-refractivity contribution >= 4 is 16.8 Å². The van der Waals surface area contributed by atoms with Crippen LogP contribution in [0.15, 0.2) is 41.3 Å². The second-order valence-corrected chi connectivity index (χ2v) is 5.77. The molecular formula is C17H21N3O2. The Labute approximate surface area is 129 Å². The summed E-state index contributed by atoms with van der Waals surface area (Å²) in [7, 11) is 1.91. The summed E-state index contributed by atoms with van der Waals surface area (Å²) >= 11 is 0. The van der Waals surface area contributed by atoms with Gasteiger partial charge in [-0.25, -0.2) is 0 Å². The molecule has 1 N–H and O–H groups in total. The van der Waals surface area contributed by atoms with Crippen molar-refractivity contribution in [1.29, 1.82) is 0 Å². The van der Waals surface area contributed by atoms with Crippen LogP contribution in [0, 0.1) is 0 Å². The highest BCUT2D eigenvalue weighted by Crippen LogP contribution is 2.18. The maximum atomic E-state index is 12.6. The van der Waals surface area contributed by atoms with Gasteiger partial charge in [0.1, 0.15) is 6.54 Å². The summed E-state index contributed by atoms with van der Waals surface area (Å²) in [5.41, 5.74) is 0.807. The lowest BCUT2D eigenvalue weighted by Gasteiger charge is -2.25. The molecule has 5 nitrogen and oxygen atoms in total. The molecule has 22 heavy (non-hydrogen) atoms. The Balaban J connectivity index is 1.86. The zero-order valence-corrected chi connectivity index (χ0v) is 12.8. The van der Waals surface area contributed by atoms with Crippen molar-refractivity contribution in [3.05, 3.63) is 46.8 Å². The highest BCUT2D eigenvalue weighted by atomic mass is 16.2. The molecule has 2 aromatic rings. The van der Waals surface area contributed by atoms with E-state index in [0.29, 0.717) is 5.39 Å². The van der Waals surface area contributed by atoms with Crippen LogP contribution in [-0.4, -0.2) is 41.6 Å². The van der Waals surface area contributed by atoms with E-state index in [9.17, 15) is 9.59 Å². The molecule has 0 spiro atoms. The minimum Gasteiger partial charge on any atom is -0.338 e. The minimum absolute atomic E-state index is 0.00599. The molecule has 116 valence electrons. The Bertz CT molecular complexity index is 738. The van der Waals surface area contributed by atoms with E-state index in [1.54, 1.807) is 12.3 Å². The second-order valence-electron chi connectivity index (χ2n) is 5.77. The van der Waals surface area contributed by atoms with E-state index in [0.717, 1.165) is 31.4 Å². The average molecular weight is 299 g/mol. The molecule has 3 rings (SSSR count). The van der Waals surface area contributed by atoms with Crippen LogP contribution < -0.4 is 10.7 Å². The van der Waals surface area contributed by atoms with Crippen molar-refractivity contribution in [1.82, 2.24) is 14.8 Å². The van der Waals surface area contributed by atoms with Crippen LogP contribution in [0.3, 0.4) is 0 Å². The number of nitrogens with zero attached hydrogens (tertiary/aromatic N) is 2. The molecule has 1 amide bonds. The lowest BCUT2D eigenvalue weighted by molar-refractivity contribution is -0.132. The number of rotatable bonds is 4. The Hall–Kier alpha value is -2.14. The first-order valence-electron chi connectivity index (χ1n) is 7.73. The van der Waals surface area contributed by atoms with Gasteiger partial charge in [-0.3, -0.25) is 9.59 Å². The first-order chi connectivity index (χ1) is 10.7. The van der Waals surface area contributed by atoms with Crippen molar-refractivity contribution in [2.75, 3.05) is 20.1 Å². The maximum absolute atomic E-state index is 12.6. The number of likely N-dealkylation sites (tertiary alicyclic amines) is 1. The molecule has 2 heterocycles. The van der Waals surface area contributed by atoms with Gasteiger partial charge in [0.2, 0.25) is 5.91 Å². The summed E-state index contributed by atoms with van der Waals surface area (Å²) in [5, 5.41) is 3.81. The number of likely N-dealkylation sites (N-methyl/N-ethyl adjacent to an activating group) is 1. The third kappa shape index (κ3) is 2.76. The van der Waals surface area contributed by atoms with Crippen LogP contribution in [0.25, 0.3) is 10.9 Å². The van der Waals surface area contributed by atoms with Gasteiger partial charge < -0.3 is 14.8 Å². The predicted molar refractivity (Wildman–Crippen MR) is 86.9 cm³/mol. The number of nitrogens with one attached hydrogen (secondary N) is 1.